The number of rotatable bonds is 7. The molecule has 5 heteroatoms. The second-order valence-corrected chi connectivity index (χ2v) is 5.85. The van der Waals surface area contributed by atoms with Gasteiger partial charge in [0.25, 0.3) is 5.91 Å². The van der Waals surface area contributed by atoms with Crippen molar-refractivity contribution in [1.82, 2.24) is 14.9 Å². The summed E-state index contributed by atoms with van der Waals surface area (Å²) in [6, 6.07) is 0.442. The molecular weight excluding hydrogens is 252 g/mol. The lowest BCUT2D eigenvalue weighted by molar-refractivity contribution is 0.0728. The molecule has 0 unspecified atom stereocenters. The SMILES string of the molecule is CCCNc1cncc(C(=O)N(CC2CC2)C2CC2)n1. The Morgan fingerprint density at radius 1 is 1.35 bits per heavy atom. The third-order valence-electron chi connectivity index (χ3n) is 3.81. The van der Waals surface area contributed by atoms with Crippen LogP contribution in [-0.2, 0) is 0 Å². The van der Waals surface area contributed by atoms with E-state index in [0.29, 0.717) is 23.5 Å². The van der Waals surface area contributed by atoms with Crippen molar-refractivity contribution >= 4 is 11.7 Å². The average molecular weight is 274 g/mol. The Hall–Kier alpha value is -1.65. The molecule has 20 heavy (non-hydrogen) atoms. The fourth-order valence-corrected chi connectivity index (χ4v) is 2.32. The van der Waals surface area contributed by atoms with Gasteiger partial charge in [-0.25, -0.2) is 4.98 Å². The molecule has 2 aliphatic carbocycles. The smallest absolute Gasteiger partial charge is 0.274 e. The van der Waals surface area contributed by atoms with Crippen LogP contribution in [0.15, 0.2) is 12.4 Å². The average Bonchev–Trinajstić information content (AvgIpc) is 3.35. The van der Waals surface area contributed by atoms with Crippen LogP contribution in [0.5, 0.6) is 0 Å². The second kappa shape index (κ2) is 5.77. The number of aromatic nitrogens is 2. The van der Waals surface area contributed by atoms with Gasteiger partial charge in [0.15, 0.2) is 0 Å². The first-order chi connectivity index (χ1) is 9.78. The van der Waals surface area contributed by atoms with Gasteiger partial charge in [0.05, 0.1) is 12.4 Å². The largest absolute Gasteiger partial charge is 0.369 e. The van der Waals surface area contributed by atoms with Gasteiger partial charge in [0, 0.05) is 19.1 Å². The first-order valence-corrected chi connectivity index (χ1v) is 7.65. The summed E-state index contributed by atoms with van der Waals surface area (Å²) in [5.41, 5.74) is 0.471. The lowest BCUT2D eigenvalue weighted by Crippen LogP contribution is -2.35. The molecule has 2 aliphatic rings. The highest BCUT2D eigenvalue weighted by molar-refractivity contribution is 5.92. The van der Waals surface area contributed by atoms with Gasteiger partial charge in [0.2, 0.25) is 0 Å². The van der Waals surface area contributed by atoms with E-state index in [-0.39, 0.29) is 5.91 Å². The van der Waals surface area contributed by atoms with E-state index < -0.39 is 0 Å². The summed E-state index contributed by atoms with van der Waals surface area (Å²) in [6.07, 6.45) is 9.09. The highest BCUT2D eigenvalue weighted by Gasteiger charge is 2.37. The molecule has 1 aromatic heterocycles. The van der Waals surface area contributed by atoms with Gasteiger partial charge in [-0.15, -0.1) is 0 Å². The topological polar surface area (TPSA) is 58.1 Å². The molecule has 3 rings (SSSR count). The van der Waals surface area contributed by atoms with Gasteiger partial charge in [0.1, 0.15) is 11.5 Å². The van der Waals surface area contributed by atoms with Crippen LogP contribution in [0.3, 0.4) is 0 Å². The number of carbonyl (C=O) groups is 1. The highest BCUT2D eigenvalue weighted by atomic mass is 16.2. The van der Waals surface area contributed by atoms with Crippen LogP contribution >= 0.6 is 0 Å². The van der Waals surface area contributed by atoms with E-state index in [2.05, 4.69) is 22.2 Å². The molecule has 0 aliphatic heterocycles. The van der Waals surface area contributed by atoms with E-state index in [0.717, 1.165) is 32.4 Å². The van der Waals surface area contributed by atoms with Crippen molar-refractivity contribution in [3.63, 3.8) is 0 Å². The summed E-state index contributed by atoms with van der Waals surface area (Å²) < 4.78 is 0. The molecule has 2 saturated carbocycles. The number of nitrogens with zero attached hydrogens (tertiary/aromatic N) is 3. The predicted octanol–water partition coefficient (Wildman–Crippen LogP) is 2.31. The van der Waals surface area contributed by atoms with E-state index in [4.69, 9.17) is 0 Å². The summed E-state index contributed by atoms with van der Waals surface area (Å²) in [4.78, 5) is 23.2. The summed E-state index contributed by atoms with van der Waals surface area (Å²) in [5, 5.41) is 3.18. The molecule has 0 atom stereocenters. The molecule has 0 bridgehead atoms. The summed E-state index contributed by atoms with van der Waals surface area (Å²) >= 11 is 0. The molecule has 2 fully saturated rings. The normalized spacial score (nSPS) is 17.9. The van der Waals surface area contributed by atoms with Crippen molar-refractivity contribution in [3.8, 4) is 0 Å². The number of amides is 1. The molecule has 0 saturated heterocycles. The van der Waals surface area contributed by atoms with E-state index in [9.17, 15) is 4.79 Å². The Bertz CT molecular complexity index is 483. The number of carbonyl (C=O) groups excluding carboxylic acids is 1. The number of nitrogens with one attached hydrogen (secondary N) is 1. The van der Waals surface area contributed by atoms with Crippen molar-refractivity contribution in [2.75, 3.05) is 18.4 Å². The fourth-order valence-electron chi connectivity index (χ4n) is 2.32. The molecule has 1 aromatic rings. The quantitative estimate of drug-likeness (QED) is 0.829. The molecule has 108 valence electrons. The molecule has 1 N–H and O–H groups in total. The minimum atomic E-state index is 0.0482. The van der Waals surface area contributed by atoms with Crippen LogP contribution in [0.25, 0.3) is 0 Å². The fraction of sp³-hybridized carbons (Fsp3) is 0.667. The first kappa shape index (κ1) is 13.3. The molecule has 0 aromatic carbocycles. The van der Waals surface area contributed by atoms with Crippen molar-refractivity contribution in [2.45, 2.75) is 45.1 Å². The zero-order valence-corrected chi connectivity index (χ0v) is 12.0. The molecule has 0 radical (unpaired) electrons. The zero-order valence-electron chi connectivity index (χ0n) is 12.0. The zero-order chi connectivity index (χ0) is 13.9. The minimum Gasteiger partial charge on any atom is -0.369 e. The van der Waals surface area contributed by atoms with E-state index >= 15 is 0 Å². The Morgan fingerprint density at radius 3 is 2.80 bits per heavy atom. The van der Waals surface area contributed by atoms with Crippen LogP contribution in [0.2, 0.25) is 0 Å². The Kier molecular flexibility index (Phi) is 3.85. The van der Waals surface area contributed by atoms with Gasteiger partial charge in [-0.1, -0.05) is 6.92 Å². The van der Waals surface area contributed by atoms with E-state index in [1.807, 2.05) is 4.90 Å². The third kappa shape index (κ3) is 3.26. The number of anilines is 1. The molecule has 5 nitrogen and oxygen atoms in total. The molecule has 1 heterocycles. The maximum Gasteiger partial charge on any atom is 0.274 e. The van der Waals surface area contributed by atoms with E-state index in [1.165, 1.54) is 12.8 Å². The number of hydrogen-bond donors (Lipinski definition) is 1. The monoisotopic (exact) mass is 274 g/mol. The molecule has 0 spiro atoms. The summed E-state index contributed by atoms with van der Waals surface area (Å²) in [7, 11) is 0. The van der Waals surface area contributed by atoms with Crippen LogP contribution in [0.4, 0.5) is 5.82 Å². The van der Waals surface area contributed by atoms with Crippen LogP contribution in [0, 0.1) is 5.92 Å². The van der Waals surface area contributed by atoms with Gasteiger partial charge in [-0.3, -0.25) is 9.78 Å². The first-order valence-electron chi connectivity index (χ1n) is 7.65. The Morgan fingerprint density at radius 2 is 2.15 bits per heavy atom. The number of hydrogen-bond acceptors (Lipinski definition) is 4. The van der Waals surface area contributed by atoms with Gasteiger partial charge < -0.3 is 10.2 Å². The third-order valence-corrected chi connectivity index (χ3v) is 3.81. The van der Waals surface area contributed by atoms with Gasteiger partial charge in [-0.05, 0) is 38.0 Å². The summed E-state index contributed by atoms with van der Waals surface area (Å²) in [6.45, 7) is 3.85. The highest BCUT2D eigenvalue weighted by Crippen LogP contribution is 2.35. The van der Waals surface area contributed by atoms with Crippen molar-refractivity contribution < 1.29 is 4.79 Å². The summed E-state index contributed by atoms with van der Waals surface area (Å²) in [5.74, 6) is 1.46. The van der Waals surface area contributed by atoms with E-state index in [1.54, 1.807) is 12.4 Å². The maximum absolute atomic E-state index is 12.6. The standard InChI is InChI=1S/C15H22N4O/c1-2-7-17-14-9-16-8-13(18-14)15(20)19(12-5-6-12)10-11-3-4-11/h8-9,11-12H,2-7,10H2,1H3,(H,17,18). The minimum absolute atomic E-state index is 0.0482. The van der Waals surface area contributed by atoms with Crippen molar-refractivity contribution in [1.29, 1.82) is 0 Å². The lowest BCUT2D eigenvalue weighted by Gasteiger charge is -2.21. The second-order valence-electron chi connectivity index (χ2n) is 5.85. The van der Waals surface area contributed by atoms with Crippen molar-refractivity contribution in [3.05, 3.63) is 18.1 Å². The van der Waals surface area contributed by atoms with Crippen LogP contribution < -0.4 is 5.32 Å². The Labute approximate surface area is 119 Å². The predicted molar refractivity (Wildman–Crippen MR) is 77.6 cm³/mol. The maximum atomic E-state index is 12.6. The Balaban J connectivity index is 1.70. The van der Waals surface area contributed by atoms with Crippen LogP contribution in [0.1, 0.15) is 49.5 Å². The molecular formula is C15H22N4O. The van der Waals surface area contributed by atoms with Crippen LogP contribution in [-0.4, -0.2) is 39.9 Å². The van der Waals surface area contributed by atoms with Crippen molar-refractivity contribution in [2.24, 2.45) is 5.92 Å². The molecule has 1 amide bonds. The lowest BCUT2D eigenvalue weighted by atomic mass is 10.3. The van der Waals surface area contributed by atoms with Gasteiger partial charge >= 0.3 is 0 Å². The van der Waals surface area contributed by atoms with Gasteiger partial charge in [-0.2, -0.15) is 0 Å².